The molecule has 0 aliphatic rings. The number of hydrogen-bond donors (Lipinski definition) is 1. The third-order valence-electron chi connectivity index (χ3n) is 4.29. The molecule has 0 aliphatic carbocycles. The smallest absolute Gasteiger partial charge is 0.307 e. The van der Waals surface area contributed by atoms with Crippen LogP contribution in [0.1, 0.15) is 11.1 Å². The zero-order valence-electron chi connectivity index (χ0n) is 14.6. The Morgan fingerprint density at radius 3 is 2.57 bits per heavy atom. The second-order valence-corrected chi connectivity index (χ2v) is 8.02. The van der Waals surface area contributed by atoms with E-state index in [4.69, 9.17) is 23.2 Å². The maximum Gasteiger partial charge on any atom is 0.307 e. The molecule has 2 heterocycles. The van der Waals surface area contributed by atoms with Crippen LogP contribution in [0.5, 0.6) is 0 Å². The number of hydrogen-bond acceptors (Lipinski definition) is 5. The van der Waals surface area contributed by atoms with Crippen LogP contribution in [0.2, 0.25) is 10.2 Å². The first-order chi connectivity index (χ1) is 13.4. The number of carboxylic acid groups (broad SMARTS) is 1. The molecule has 8 heteroatoms. The van der Waals surface area contributed by atoms with Crippen molar-refractivity contribution in [3.63, 3.8) is 0 Å². The fraction of sp³-hybridized carbons (Fsp3) is 0.100. The van der Waals surface area contributed by atoms with Gasteiger partial charge in [0.15, 0.2) is 10.8 Å². The van der Waals surface area contributed by atoms with Crippen LogP contribution in [0.15, 0.2) is 42.6 Å². The summed E-state index contributed by atoms with van der Waals surface area (Å²) in [5, 5.41) is 11.0. The molecule has 4 rings (SSSR count). The van der Waals surface area contributed by atoms with Crippen molar-refractivity contribution in [1.29, 1.82) is 0 Å². The fourth-order valence-corrected chi connectivity index (χ4v) is 4.41. The summed E-state index contributed by atoms with van der Waals surface area (Å²) in [5.41, 5.74) is 4.12. The van der Waals surface area contributed by atoms with E-state index in [1.807, 2.05) is 25.1 Å². The van der Waals surface area contributed by atoms with Crippen LogP contribution in [0.3, 0.4) is 0 Å². The minimum atomic E-state index is -0.888. The van der Waals surface area contributed by atoms with Gasteiger partial charge >= 0.3 is 5.97 Å². The Bertz CT molecular complexity index is 1210. The Labute approximate surface area is 174 Å². The van der Waals surface area contributed by atoms with Gasteiger partial charge in [0.2, 0.25) is 0 Å². The van der Waals surface area contributed by atoms with E-state index < -0.39 is 5.97 Å². The summed E-state index contributed by atoms with van der Waals surface area (Å²) >= 11 is 13.4. The number of aliphatic carboxylic acids is 1. The molecule has 0 amide bonds. The number of thiazole rings is 1. The SMILES string of the molecule is Cc1cc2nc(-c3nccc(Cl)n3)sc2c(-c2ccc(Cl)cc2)c1CC(=O)O. The van der Waals surface area contributed by atoms with Gasteiger partial charge in [0.05, 0.1) is 16.6 Å². The average Bonchev–Trinajstić information content (AvgIpc) is 3.06. The molecule has 0 saturated carbocycles. The zero-order chi connectivity index (χ0) is 19.8. The number of fused-ring (bicyclic) bond motifs is 1. The molecular formula is C20H13Cl2N3O2S. The van der Waals surface area contributed by atoms with E-state index in [1.54, 1.807) is 24.4 Å². The summed E-state index contributed by atoms with van der Waals surface area (Å²) in [5.74, 6) is -0.450. The minimum absolute atomic E-state index is 0.0827. The maximum atomic E-state index is 11.5. The van der Waals surface area contributed by atoms with Gasteiger partial charge in [-0.3, -0.25) is 4.79 Å². The fourth-order valence-electron chi connectivity index (χ4n) is 3.07. The molecule has 0 atom stereocenters. The van der Waals surface area contributed by atoms with Crippen molar-refractivity contribution >= 4 is 50.7 Å². The van der Waals surface area contributed by atoms with E-state index in [1.165, 1.54) is 11.3 Å². The molecule has 140 valence electrons. The molecule has 0 spiro atoms. The lowest BCUT2D eigenvalue weighted by atomic mass is 9.93. The summed E-state index contributed by atoms with van der Waals surface area (Å²) < 4.78 is 0.878. The number of halogens is 2. The van der Waals surface area contributed by atoms with Gasteiger partial charge in [0.1, 0.15) is 5.15 Å². The van der Waals surface area contributed by atoms with Gasteiger partial charge in [0, 0.05) is 16.8 Å². The Kier molecular flexibility index (Phi) is 5.02. The first-order valence-corrected chi connectivity index (χ1v) is 9.89. The molecule has 0 saturated heterocycles. The van der Waals surface area contributed by atoms with Crippen molar-refractivity contribution in [2.45, 2.75) is 13.3 Å². The Morgan fingerprint density at radius 2 is 1.89 bits per heavy atom. The van der Waals surface area contributed by atoms with Gasteiger partial charge in [-0.05, 0) is 47.9 Å². The highest BCUT2D eigenvalue weighted by molar-refractivity contribution is 7.22. The second-order valence-electron chi connectivity index (χ2n) is 6.19. The average molecular weight is 430 g/mol. The van der Waals surface area contributed by atoms with Crippen molar-refractivity contribution in [2.75, 3.05) is 0 Å². The van der Waals surface area contributed by atoms with Crippen molar-refractivity contribution in [3.8, 4) is 22.0 Å². The molecule has 0 fully saturated rings. The van der Waals surface area contributed by atoms with Crippen LogP contribution >= 0.6 is 34.5 Å². The van der Waals surface area contributed by atoms with Crippen molar-refractivity contribution in [3.05, 3.63) is 63.9 Å². The number of benzene rings is 2. The van der Waals surface area contributed by atoms with Gasteiger partial charge in [-0.25, -0.2) is 15.0 Å². The Balaban J connectivity index is 2.01. The molecule has 2 aromatic heterocycles. The predicted octanol–water partition coefficient (Wildman–Crippen LogP) is 5.66. The first kappa shape index (κ1) is 18.8. The molecule has 2 aromatic carbocycles. The van der Waals surface area contributed by atoms with Crippen molar-refractivity contribution in [2.24, 2.45) is 0 Å². The molecule has 0 bridgehead atoms. The number of aryl methyl sites for hydroxylation is 1. The quantitative estimate of drug-likeness (QED) is 0.423. The third-order valence-corrected chi connectivity index (χ3v) is 5.83. The summed E-state index contributed by atoms with van der Waals surface area (Å²) in [4.78, 5) is 24.7. The predicted molar refractivity (Wildman–Crippen MR) is 112 cm³/mol. The van der Waals surface area contributed by atoms with Crippen molar-refractivity contribution < 1.29 is 9.90 Å². The molecule has 4 aromatic rings. The molecule has 0 radical (unpaired) electrons. The Hall–Kier alpha value is -2.54. The van der Waals surface area contributed by atoms with Crippen LogP contribution in [0.4, 0.5) is 0 Å². The lowest BCUT2D eigenvalue weighted by Gasteiger charge is -2.13. The first-order valence-electron chi connectivity index (χ1n) is 8.32. The van der Waals surface area contributed by atoms with E-state index in [-0.39, 0.29) is 6.42 Å². The molecule has 0 unspecified atom stereocenters. The van der Waals surface area contributed by atoms with Gasteiger partial charge in [0.25, 0.3) is 0 Å². The van der Waals surface area contributed by atoms with Crippen LogP contribution in [0, 0.1) is 6.92 Å². The molecule has 1 N–H and O–H groups in total. The summed E-state index contributed by atoms with van der Waals surface area (Å²) in [6, 6.07) is 10.9. The van der Waals surface area contributed by atoms with E-state index in [9.17, 15) is 9.90 Å². The van der Waals surface area contributed by atoms with Gasteiger partial charge in [-0.2, -0.15) is 0 Å². The molecular weight excluding hydrogens is 417 g/mol. The molecule has 28 heavy (non-hydrogen) atoms. The highest BCUT2D eigenvalue weighted by atomic mass is 35.5. The molecule has 0 aliphatic heterocycles. The Morgan fingerprint density at radius 1 is 1.14 bits per heavy atom. The number of aromatic nitrogens is 3. The van der Waals surface area contributed by atoms with Crippen LogP contribution < -0.4 is 0 Å². The maximum absolute atomic E-state index is 11.5. The normalized spacial score (nSPS) is 11.1. The lowest BCUT2D eigenvalue weighted by molar-refractivity contribution is -0.136. The largest absolute Gasteiger partial charge is 0.481 e. The van der Waals surface area contributed by atoms with Crippen LogP contribution in [-0.4, -0.2) is 26.0 Å². The monoisotopic (exact) mass is 429 g/mol. The van der Waals surface area contributed by atoms with E-state index in [0.29, 0.717) is 21.0 Å². The van der Waals surface area contributed by atoms with Gasteiger partial charge in [-0.15, -0.1) is 11.3 Å². The summed E-state index contributed by atoms with van der Waals surface area (Å²) in [7, 11) is 0. The van der Waals surface area contributed by atoms with Gasteiger partial charge < -0.3 is 5.11 Å². The van der Waals surface area contributed by atoms with Crippen LogP contribution in [-0.2, 0) is 11.2 Å². The zero-order valence-corrected chi connectivity index (χ0v) is 16.9. The number of rotatable bonds is 4. The van der Waals surface area contributed by atoms with E-state index in [2.05, 4.69) is 15.0 Å². The topological polar surface area (TPSA) is 76.0 Å². The lowest BCUT2D eigenvalue weighted by Crippen LogP contribution is -2.04. The number of carboxylic acids is 1. The molecule has 5 nitrogen and oxygen atoms in total. The number of nitrogens with zero attached hydrogens (tertiary/aromatic N) is 3. The number of carbonyl (C=O) groups is 1. The highest BCUT2D eigenvalue weighted by Gasteiger charge is 2.20. The standard InChI is InChI=1S/C20H13Cl2N3O2S/c1-10-8-14-18(28-20(24-14)19-23-7-6-15(22)25-19)17(13(10)9-16(26)27)11-2-4-12(21)5-3-11/h2-8H,9H2,1H3,(H,26,27). The summed E-state index contributed by atoms with van der Waals surface area (Å²) in [6.45, 7) is 1.89. The highest BCUT2D eigenvalue weighted by Crippen LogP contribution is 2.40. The van der Waals surface area contributed by atoms with Gasteiger partial charge in [-0.1, -0.05) is 35.3 Å². The van der Waals surface area contributed by atoms with Crippen molar-refractivity contribution in [1.82, 2.24) is 15.0 Å². The van der Waals surface area contributed by atoms with E-state index >= 15 is 0 Å². The minimum Gasteiger partial charge on any atom is -0.481 e. The second kappa shape index (κ2) is 7.47. The summed E-state index contributed by atoms with van der Waals surface area (Å²) in [6.07, 6.45) is 1.50. The van der Waals surface area contributed by atoms with E-state index in [0.717, 1.165) is 32.5 Å². The van der Waals surface area contributed by atoms with Crippen LogP contribution in [0.25, 0.3) is 32.2 Å². The third kappa shape index (κ3) is 3.58.